The van der Waals surface area contributed by atoms with Gasteiger partial charge in [-0.2, -0.15) is 5.06 Å². The van der Waals surface area contributed by atoms with E-state index in [4.69, 9.17) is 28.2 Å². The van der Waals surface area contributed by atoms with Crippen LogP contribution in [0.2, 0.25) is 18.1 Å². The number of nitrogens with zero attached hydrogens (tertiary/aromatic N) is 1. The van der Waals surface area contributed by atoms with Crippen LogP contribution < -0.4 is 0 Å². The number of benzene rings is 1. The van der Waals surface area contributed by atoms with Gasteiger partial charge in [0.15, 0.2) is 27.3 Å². The molecule has 1 aromatic carbocycles. The maximum Gasteiger partial charge on any atom is 0.333 e. The molecule has 0 spiro atoms. The molecule has 1 aliphatic rings. The zero-order valence-electron chi connectivity index (χ0n) is 21.5. The van der Waals surface area contributed by atoms with Gasteiger partial charge in [-0.15, -0.1) is 0 Å². The van der Waals surface area contributed by atoms with E-state index in [2.05, 4.69) is 33.9 Å². The van der Waals surface area contributed by atoms with Crippen molar-refractivity contribution in [1.29, 1.82) is 0 Å². The Labute approximate surface area is 203 Å². The Hall–Kier alpha value is -1.82. The molecule has 0 N–H and O–H groups in total. The molecule has 0 aliphatic carbocycles. The van der Waals surface area contributed by atoms with E-state index < -0.39 is 44.8 Å². The third-order valence-corrected chi connectivity index (χ3v) is 10.8. The van der Waals surface area contributed by atoms with Crippen molar-refractivity contribution >= 4 is 20.3 Å². The summed E-state index contributed by atoms with van der Waals surface area (Å²) in [5.41, 5.74) is 0.878. The molecule has 1 heterocycles. The van der Waals surface area contributed by atoms with Crippen LogP contribution in [0.25, 0.3) is 0 Å². The van der Waals surface area contributed by atoms with E-state index in [0.717, 1.165) is 5.56 Å². The topological polar surface area (TPSA) is 92.8 Å². The molecule has 0 bridgehead atoms. The van der Waals surface area contributed by atoms with Crippen molar-refractivity contribution in [2.24, 2.45) is 0 Å². The SMILES string of the molecule is COC(=O)CON(Cc1ccccc1)[C@@H](C(=O)OC)[C@H]1O[C@H](C)OC[C@H]1O[Si](C)(C)C(C)(C)C. The first-order chi connectivity index (χ1) is 15.9. The Morgan fingerprint density at radius 2 is 1.79 bits per heavy atom. The van der Waals surface area contributed by atoms with Gasteiger partial charge >= 0.3 is 11.9 Å². The predicted octanol–water partition coefficient (Wildman–Crippen LogP) is 3.29. The maximum absolute atomic E-state index is 13.1. The lowest BCUT2D eigenvalue weighted by molar-refractivity contribution is -0.286. The van der Waals surface area contributed by atoms with E-state index >= 15 is 0 Å². The lowest BCUT2D eigenvalue weighted by atomic mass is 10.0. The largest absolute Gasteiger partial charge is 0.468 e. The van der Waals surface area contributed by atoms with Crippen molar-refractivity contribution in [3.05, 3.63) is 35.9 Å². The number of carbonyl (C=O) groups is 2. The summed E-state index contributed by atoms with van der Waals surface area (Å²) in [4.78, 5) is 30.8. The number of esters is 2. The van der Waals surface area contributed by atoms with Gasteiger partial charge < -0.3 is 23.4 Å². The molecular weight excluding hydrogens is 458 g/mol. The smallest absolute Gasteiger partial charge is 0.333 e. The normalized spacial score (nSPS) is 22.3. The maximum atomic E-state index is 13.1. The van der Waals surface area contributed by atoms with Crippen molar-refractivity contribution in [3.8, 4) is 0 Å². The van der Waals surface area contributed by atoms with E-state index in [0.29, 0.717) is 0 Å². The molecule has 0 radical (unpaired) electrons. The van der Waals surface area contributed by atoms with Crippen LogP contribution in [0, 0.1) is 0 Å². The molecule has 9 nitrogen and oxygen atoms in total. The Morgan fingerprint density at radius 3 is 2.35 bits per heavy atom. The average Bonchev–Trinajstić information content (AvgIpc) is 2.78. The number of hydroxylamine groups is 2. The molecule has 0 saturated carbocycles. The highest BCUT2D eigenvalue weighted by Crippen LogP contribution is 2.39. The van der Waals surface area contributed by atoms with Crippen LogP contribution in [0.4, 0.5) is 0 Å². The van der Waals surface area contributed by atoms with Gasteiger partial charge in [-0.1, -0.05) is 51.1 Å². The summed E-state index contributed by atoms with van der Waals surface area (Å²) in [5.74, 6) is -1.14. The van der Waals surface area contributed by atoms with Crippen LogP contribution in [-0.4, -0.2) is 77.3 Å². The lowest BCUT2D eigenvalue weighted by Crippen LogP contribution is -2.61. The fraction of sp³-hybridized carbons (Fsp3) is 0.667. The van der Waals surface area contributed by atoms with Gasteiger partial charge in [-0.05, 0) is 30.6 Å². The highest BCUT2D eigenvalue weighted by molar-refractivity contribution is 6.74. The third kappa shape index (κ3) is 7.59. The molecule has 0 amide bonds. The zero-order chi connectivity index (χ0) is 25.5. The minimum atomic E-state index is -2.24. The average molecular weight is 498 g/mol. The highest BCUT2D eigenvalue weighted by atomic mass is 28.4. The Kier molecular flexibility index (Phi) is 10.2. The van der Waals surface area contributed by atoms with E-state index in [-0.39, 0.29) is 24.8 Å². The van der Waals surface area contributed by atoms with Crippen molar-refractivity contribution < 1.29 is 37.8 Å². The van der Waals surface area contributed by atoms with Crippen LogP contribution in [-0.2, 0) is 44.3 Å². The van der Waals surface area contributed by atoms with Gasteiger partial charge in [-0.25, -0.2) is 4.79 Å². The summed E-state index contributed by atoms with van der Waals surface area (Å²) in [6, 6.07) is 8.46. The minimum Gasteiger partial charge on any atom is -0.468 e. The minimum absolute atomic E-state index is 0.0630. The van der Waals surface area contributed by atoms with Crippen molar-refractivity contribution in [3.63, 3.8) is 0 Å². The fourth-order valence-electron chi connectivity index (χ4n) is 3.33. The lowest BCUT2D eigenvalue weighted by Gasteiger charge is -2.46. The molecule has 34 heavy (non-hydrogen) atoms. The molecule has 1 fully saturated rings. The summed E-state index contributed by atoms with van der Waals surface area (Å²) >= 11 is 0. The van der Waals surface area contributed by atoms with Gasteiger partial charge in [0.2, 0.25) is 0 Å². The number of rotatable bonds is 10. The van der Waals surface area contributed by atoms with Gasteiger partial charge in [0.1, 0.15) is 6.10 Å². The van der Waals surface area contributed by atoms with E-state index in [9.17, 15) is 9.59 Å². The Bertz CT molecular complexity index is 798. The molecular formula is C24H39NO8Si. The van der Waals surface area contributed by atoms with E-state index in [1.165, 1.54) is 19.3 Å². The second kappa shape index (κ2) is 12.2. The number of hydrogen-bond acceptors (Lipinski definition) is 9. The second-order valence-electron chi connectivity index (χ2n) is 9.80. The number of hydrogen-bond donors (Lipinski definition) is 0. The summed E-state index contributed by atoms with van der Waals surface area (Å²) in [6.07, 6.45) is -1.86. The molecule has 10 heteroatoms. The number of methoxy groups -OCH3 is 2. The molecule has 2 rings (SSSR count). The first-order valence-electron chi connectivity index (χ1n) is 11.4. The monoisotopic (exact) mass is 497 g/mol. The van der Waals surface area contributed by atoms with E-state index in [1.807, 2.05) is 30.3 Å². The van der Waals surface area contributed by atoms with Gasteiger partial charge in [0, 0.05) is 0 Å². The molecule has 1 saturated heterocycles. The Balaban J connectivity index is 2.44. The first kappa shape index (κ1) is 28.4. The first-order valence-corrected chi connectivity index (χ1v) is 14.3. The quantitative estimate of drug-likeness (QED) is 0.274. The summed E-state index contributed by atoms with van der Waals surface area (Å²) in [7, 11) is 0.340. The standard InChI is InChI=1S/C24H39NO8Si/c1-17-30-15-19(33-34(7,8)24(2,3)4)22(32-17)21(23(27)29-6)25(31-16-20(26)28-5)14-18-12-10-9-11-13-18/h9-13,17,19,21-22H,14-16H2,1-8H3/t17-,19-,21-,22+/m1/s1. The molecule has 1 aliphatic heterocycles. The Morgan fingerprint density at radius 1 is 1.15 bits per heavy atom. The summed E-state index contributed by atoms with van der Waals surface area (Å²) < 4.78 is 28.4. The van der Waals surface area contributed by atoms with Gasteiger partial charge in [0.05, 0.1) is 33.5 Å². The molecule has 192 valence electrons. The summed E-state index contributed by atoms with van der Waals surface area (Å²) in [6.45, 7) is 12.5. The van der Waals surface area contributed by atoms with Crippen molar-refractivity contribution in [2.75, 3.05) is 27.4 Å². The molecule has 1 aromatic rings. The zero-order valence-corrected chi connectivity index (χ0v) is 22.5. The summed E-state index contributed by atoms with van der Waals surface area (Å²) in [5, 5.41) is 1.36. The fourth-order valence-corrected chi connectivity index (χ4v) is 4.64. The van der Waals surface area contributed by atoms with E-state index in [1.54, 1.807) is 6.92 Å². The van der Waals surface area contributed by atoms with Crippen LogP contribution in [0.3, 0.4) is 0 Å². The third-order valence-electron chi connectivity index (χ3n) is 6.28. The van der Waals surface area contributed by atoms with Crippen molar-refractivity contribution in [2.45, 2.75) is 76.9 Å². The molecule has 0 unspecified atom stereocenters. The second-order valence-corrected chi connectivity index (χ2v) is 14.6. The van der Waals surface area contributed by atoms with Gasteiger partial charge in [0.25, 0.3) is 0 Å². The van der Waals surface area contributed by atoms with Crippen LogP contribution >= 0.6 is 0 Å². The van der Waals surface area contributed by atoms with Crippen LogP contribution in [0.5, 0.6) is 0 Å². The molecule has 0 aromatic heterocycles. The van der Waals surface area contributed by atoms with Crippen molar-refractivity contribution in [1.82, 2.24) is 5.06 Å². The number of ether oxygens (including phenoxy) is 4. The predicted molar refractivity (Wildman–Crippen MR) is 128 cm³/mol. The molecule has 4 atom stereocenters. The van der Waals surface area contributed by atoms with Crippen LogP contribution in [0.1, 0.15) is 33.3 Å². The highest BCUT2D eigenvalue weighted by Gasteiger charge is 2.49. The van der Waals surface area contributed by atoms with Gasteiger partial charge in [-0.3, -0.25) is 9.63 Å². The van der Waals surface area contributed by atoms with Crippen LogP contribution in [0.15, 0.2) is 30.3 Å². The number of carbonyl (C=O) groups excluding carboxylic acids is 2.